The van der Waals surface area contributed by atoms with E-state index >= 15 is 0 Å². The van der Waals surface area contributed by atoms with Crippen molar-refractivity contribution in [2.45, 2.75) is 44.4 Å². The highest BCUT2D eigenvalue weighted by Crippen LogP contribution is 2.23. The largest absolute Gasteiger partial charge is 0.319 e. The minimum absolute atomic E-state index is 0.164. The summed E-state index contributed by atoms with van der Waals surface area (Å²) < 4.78 is 29.2. The van der Waals surface area contributed by atoms with Gasteiger partial charge in [-0.1, -0.05) is 18.9 Å². The second-order valence-corrected chi connectivity index (χ2v) is 8.91. The summed E-state index contributed by atoms with van der Waals surface area (Å²) in [6.45, 7) is 4.76. The summed E-state index contributed by atoms with van der Waals surface area (Å²) in [5.41, 5.74) is 2.53. The van der Waals surface area contributed by atoms with Gasteiger partial charge in [0.2, 0.25) is 10.0 Å². The zero-order chi connectivity index (χ0) is 19.6. The quantitative estimate of drug-likeness (QED) is 0.870. The smallest absolute Gasteiger partial charge is 0.255 e. The normalized spacial score (nSPS) is 16.1. The second kappa shape index (κ2) is 7.82. The highest BCUT2D eigenvalue weighted by molar-refractivity contribution is 7.89. The van der Waals surface area contributed by atoms with E-state index in [-0.39, 0.29) is 10.8 Å². The molecule has 3 rings (SSSR count). The fourth-order valence-electron chi connectivity index (χ4n) is 3.37. The average molecular weight is 391 g/mol. The molecule has 0 radical (unpaired) electrons. The first-order chi connectivity index (χ1) is 12.8. The van der Waals surface area contributed by atoms with Crippen molar-refractivity contribution in [3.63, 3.8) is 0 Å². The molecule has 0 atom stereocenters. The van der Waals surface area contributed by atoms with Gasteiger partial charge in [0, 0.05) is 25.7 Å². The first-order valence-electron chi connectivity index (χ1n) is 9.22. The number of carbonyl (C=O) groups is 1. The third kappa shape index (κ3) is 4.06. The van der Waals surface area contributed by atoms with Gasteiger partial charge in [-0.25, -0.2) is 8.42 Å². The Kier molecular flexibility index (Phi) is 5.67. The standard InChI is InChI=1S/C19H26N4O3S/c1-14-18(15(2)22(3)21-14)20-19(24)16-9-8-10-17(13-16)27(25,26)23-11-6-4-5-7-12-23/h8-10,13H,4-7,11-12H2,1-3H3,(H,20,24). The van der Waals surface area contributed by atoms with Gasteiger partial charge in [-0.3, -0.25) is 9.48 Å². The van der Waals surface area contributed by atoms with E-state index in [2.05, 4.69) is 10.4 Å². The zero-order valence-corrected chi connectivity index (χ0v) is 16.8. The van der Waals surface area contributed by atoms with E-state index in [0.717, 1.165) is 37.1 Å². The topological polar surface area (TPSA) is 84.3 Å². The summed E-state index contributed by atoms with van der Waals surface area (Å²) in [5, 5.41) is 7.14. The molecule has 1 amide bonds. The van der Waals surface area contributed by atoms with Crippen molar-refractivity contribution < 1.29 is 13.2 Å². The lowest BCUT2D eigenvalue weighted by molar-refractivity contribution is 0.102. The molecule has 1 aliphatic heterocycles. The van der Waals surface area contributed by atoms with Crippen molar-refractivity contribution in [2.75, 3.05) is 18.4 Å². The van der Waals surface area contributed by atoms with Crippen LogP contribution in [0.3, 0.4) is 0 Å². The number of hydrogen-bond donors (Lipinski definition) is 1. The van der Waals surface area contributed by atoms with Crippen molar-refractivity contribution in [1.82, 2.24) is 14.1 Å². The van der Waals surface area contributed by atoms with Crippen LogP contribution in [-0.4, -0.2) is 41.5 Å². The van der Waals surface area contributed by atoms with E-state index in [1.807, 2.05) is 20.9 Å². The number of amides is 1. The predicted octanol–water partition coefficient (Wildman–Crippen LogP) is 2.85. The molecule has 1 N–H and O–H groups in total. The number of hydrogen-bond acceptors (Lipinski definition) is 4. The highest BCUT2D eigenvalue weighted by atomic mass is 32.2. The summed E-state index contributed by atoms with van der Waals surface area (Å²) in [4.78, 5) is 12.8. The Morgan fingerprint density at radius 2 is 1.78 bits per heavy atom. The Labute approximate surface area is 160 Å². The van der Waals surface area contributed by atoms with Crippen LogP contribution < -0.4 is 5.32 Å². The Bertz CT molecular complexity index is 942. The van der Waals surface area contributed by atoms with E-state index in [1.165, 1.54) is 10.4 Å². The number of aryl methyl sites for hydroxylation is 2. The zero-order valence-electron chi connectivity index (χ0n) is 16.0. The van der Waals surface area contributed by atoms with Crippen LogP contribution in [0.15, 0.2) is 29.2 Å². The van der Waals surface area contributed by atoms with Gasteiger partial charge in [0.15, 0.2) is 0 Å². The number of aromatic nitrogens is 2. The third-order valence-corrected chi connectivity index (χ3v) is 6.94. The van der Waals surface area contributed by atoms with Gasteiger partial charge in [0.1, 0.15) is 0 Å². The fourth-order valence-corrected chi connectivity index (χ4v) is 4.93. The molecule has 1 aliphatic rings. The number of nitrogens with one attached hydrogen (secondary N) is 1. The second-order valence-electron chi connectivity index (χ2n) is 6.97. The molecule has 146 valence electrons. The lowest BCUT2D eigenvalue weighted by Crippen LogP contribution is -2.32. The van der Waals surface area contributed by atoms with Gasteiger partial charge < -0.3 is 5.32 Å². The van der Waals surface area contributed by atoms with Crippen molar-refractivity contribution in [2.24, 2.45) is 7.05 Å². The first kappa shape index (κ1) is 19.6. The van der Waals surface area contributed by atoms with Crippen molar-refractivity contribution in [1.29, 1.82) is 0 Å². The van der Waals surface area contributed by atoms with Crippen LogP contribution in [-0.2, 0) is 17.1 Å². The van der Waals surface area contributed by atoms with E-state index in [4.69, 9.17) is 0 Å². The van der Waals surface area contributed by atoms with Crippen molar-refractivity contribution in [3.8, 4) is 0 Å². The minimum atomic E-state index is -3.59. The SMILES string of the molecule is Cc1nn(C)c(C)c1NC(=O)c1cccc(S(=O)(=O)N2CCCCCC2)c1. The van der Waals surface area contributed by atoms with E-state index < -0.39 is 10.0 Å². The maximum absolute atomic E-state index is 13.0. The minimum Gasteiger partial charge on any atom is -0.319 e. The molecule has 1 saturated heterocycles. The summed E-state index contributed by atoms with van der Waals surface area (Å²) in [6, 6.07) is 6.24. The molecule has 0 unspecified atom stereocenters. The van der Waals surface area contributed by atoms with Crippen LogP contribution in [0.25, 0.3) is 0 Å². The molecular weight excluding hydrogens is 364 g/mol. The maximum Gasteiger partial charge on any atom is 0.255 e. The van der Waals surface area contributed by atoms with E-state index in [9.17, 15) is 13.2 Å². The third-order valence-electron chi connectivity index (χ3n) is 5.05. The molecule has 2 aromatic rings. The van der Waals surface area contributed by atoms with Gasteiger partial charge in [-0.15, -0.1) is 0 Å². The Balaban J connectivity index is 1.85. The lowest BCUT2D eigenvalue weighted by Gasteiger charge is -2.20. The number of carbonyl (C=O) groups excluding carboxylic acids is 1. The lowest BCUT2D eigenvalue weighted by atomic mass is 10.2. The van der Waals surface area contributed by atoms with Gasteiger partial charge in [0.05, 0.1) is 22.0 Å². The van der Waals surface area contributed by atoms with Crippen LogP contribution in [0.5, 0.6) is 0 Å². The molecule has 8 heteroatoms. The molecule has 1 aromatic heterocycles. The molecule has 2 heterocycles. The average Bonchev–Trinajstić information content (AvgIpc) is 2.87. The van der Waals surface area contributed by atoms with Gasteiger partial charge in [0.25, 0.3) is 5.91 Å². The van der Waals surface area contributed by atoms with Crippen LogP contribution in [0.1, 0.15) is 47.4 Å². The molecule has 1 aromatic carbocycles. The monoisotopic (exact) mass is 390 g/mol. The molecule has 27 heavy (non-hydrogen) atoms. The van der Waals surface area contributed by atoms with Crippen LogP contribution in [0.2, 0.25) is 0 Å². The fraction of sp³-hybridized carbons (Fsp3) is 0.474. The number of benzene rings is 1. The van der Waals surface area contributed by atoms with Gasteiger partial charge in [-0.05, 0) is 44.9 Å². The van der Waals surface area contributed by atoms with E-state index in [0.29, 0.717) is 24.3 Å². The molecule has 7 nitrogen and oxygen atoms in total. The number of anilines is 1. The first-order valence-corrected chi connectivity index (χ1v) is 10.7. The number of rotatable bonds is 4. The molecule has 0 aliphatic carbocycles. The highest BCUT2D eigenvalue weighted by Gasteiger charge is 2.26. The molecule has 1 fully saturated rings. The molecular formula is C19H26N4O3S. The maximum atomic E-state index is 13.0. The molecule has 0 bridgehead atoms. The predicted molar refractivity (Wildman–Crippen MR) is 104 cm³/mol. The van der Waals surface area contributed by atoms with Crippen molar-refractivity contribution >= 4 is 21.6 Å². The summed E-state index contributed by atoms with van der Waals surface area (Å²) >= 11 is 0. The van der Waals surface area contributed by atoms with Crippen LogP contribution in [0.4, 0.5) is 5.69 Å². The Morgan fingerprint density at radius 3 is 2.37 bits per heavy atom. The molecule has 0 saturated carbocycles. The number of sulfonamides is 1. The number of nitrogens with zero attached hydrogens (tertiary/aromatic N) is 3. The van der Waals surface area contributed by atoms with Gasteiger partial charge in [-0.2, -0.15) is 9.40 Å². The van der Waals surface area contributed by atoms with Crippen LogP contribution in [0, 0.1) is 13.8 Å². The summed E-state index contributed by atoms with van der Waals surface area (Å²) in [6.07, 6.45) is 3.86. The van der Waals surface area contributed by atoms with Gasteiger partial charge >= 0.3 is 0 Å². The Hall–Kier alpha value is -2.19. The van der Waals surface area contributed by atoms with E-state index in [1.54, 1.807) is 22.9 Å². The summed E-state index contributed by atoms with van der Waals surface area (Å²) in [5.74, 6) is -0.345. The summed E-state index contributed by atoms with van der Waals surface area (Å²) in [7, 11) is -1.78. The van der Waals surface area contributed by atoms with Crippen molar-refractivity contribution in [3.05, 3.63) is 41.2 Å². The molecule has 0 spiro atoms. The van der Waals surface area contributed by atoms with Crippen LogP contribution >= 0.6 is 0 Å². The Morgan fingerprint density at radius 1 is 1.11 bits per heavy atom.